The van der Waals surface area contributed by atoms with Crippen molar-refractivity contribution >= 4 is 5.91 Å². The van der Waals surface area contributed by atoms with E-state index in [2.05, 4.69) is 39.2 Å². The first-order chi connectivity index (χ1) is 11.3. The van der Waals surface area contributed by atoms with Crippen LogP contribution in [0.2, 0.25) is 0 Å². The van der Waals surface area contributed by atoms with E-state index >= 15 is 0 Å². The van der Waals surface area contributed by atoms with Gasteiger partial charge >= 0.3 is 0 Å². The predicted molar refractivity (Wildman–Crippen MR) is 91.0 cm³/mol. The zero-order valence-electron chi connectivity index (χ0n) is 13.3. The minimum atomic E-state index is 0.143. The fourth-order valence-corrected chi connectivity index (χ4v) is 2.97. The minimum Gasteiger partial charge on any atom is -0.355 e. The highest BCUT2D eigenvalue weighted by Crippen LogP contribution is 2.17. The van der Waals surface area contributed by atoms with Crippen molar-refractivity contribution in [2.45, 2.75) is 32.2 Å². The maximum atomic E-state index is 12.1. The molecule has 1 heterocycles. The second kappa shape index (κ2) is 7.77. The van der Waals surface area contributed by atoms with Crippen molar-refractivity contribution in [3.63, 3.8) is 0 Å². The Morgan fingerprint density at radius 3 is 2.91 bits per heavy atom. The van der Waals surface area contributed by atoms with E-state index in [1.54, 1.807) is 0 Å². The molecule has 1 aromatic heterocycles. The molecular weight excluding hydrogens is 286 g/mol. The van der Waals surface area contributed by atoms with Crippen LogP contribution in [0.3, 0.4) is 0 Å². The minimum absolute atomic E-state index is 0.143. The molecule has 0 spiro atoms. The number of hydrogen-bond donors (Lipinski definition) is 1. The van der Waals surface area contributed by atoms with Crippen LogP contribution in [0.4, 0.5) is 0 Å². The summed E-state index contributed by atoms with van der Waals surface area (Å²) < 4.78 is 2.14. The SMILES string of the molecule is O=C(NCCc1nccn1Cc1ccccc1)C1CC=CCC1. The molecule has 4 nitrogen and oxygen atoms in total. The lowest BCUT2D eigenvalue weighted by Gasteiger charge is -2.17. The van der Waals surface area contributed by atoms with Gasteiger partial charge in [-0.15, -0.1) is 0 Å². The Hall–Kier alpha value is -2.36. The highest BCUT2D eigenvalue weighted by molar-refractivity contribution is 5.78. The Morgan fingerprint density at radius 2 is 2.13 bits per heavy atom. The molecule has 0 aliphatic heterocycles. The smallest absolute Gasteiger partial charge is 0.223 e. The number of nitrogens with zero attached hydrogens (tertiary/aromatic N) is 2. The number of aromatic nitrogens is 2. The van der Waals surface area contributed by atoms with E-state index in [4.69, 9.17) is 0 Å². The lowest BCUT2D eigenvalue weighted by molar-refractivity contribution is -0.125. The molecular formula is C19H23N3O. The molecule has 1 aliphatic rings. The third-order valence-corrected chi connectivity index (χ3v) is 4.29. The quantitative estimate of drug-likeness (QED) is 0.834. The Morgan fingerprint density at radius 1 is 1.26 bits per heavy atom. The van der Waals surface area contributed by atoms with Gasteiger partial charge in [0.25, 0.3) is 0 Å². The summed E-state index contributed by atoms with van der Waals surface area (Å²) in [5.74, 6) is 1.33. The van der Waals surface area contributed by atoms with E-state index in [1.807, 2.05) is 30.6 Å². The van der Waals surface area contributed by atoms with Gasteiger partial charge in [-0.2, -0.15) is 0 Å². The van der Waals surface area contributed by atoms with E-state index in [-0.39, 0.29) is 11.8 Å². The number of carbonyl (C=O) groups excluding carboxylic acids is 1. The molecule has 1 aromatic carbocycles. The van der Waals surface area contributed by atoms with Gasteiger partial charge in [0.1, 0.15) is 5.82 Å². The maximum Gasteiger partial charge on any atom is 0.223 e. The number of amides is 1. The van der Waals surface area contributed by atoms with Gasteiger partial charge in [0.05, 0.1) is 0 Å². The second-order valence-corrected chi connectivity index (χ2v) is 5.98. The molecule has 1 aliphatic carbocycles. The number of nitrogens with one attached hydrogen (secondary N) is 1. The summed E-state index contributed by atoms with van der Waals surface area (Å²) in [6.07, 6.45) is 11.7. The molecule has 1 amide bonds. The summed E-state index contributed by atoms with van der Waals surface area (Å²) in [6.45, 7) is 1.46. The highest BCUT2D eigenvalue weighted by Gasteiger charge is 2.18. The second-order valence-electron chi connectivity index (χ2n) is 5.98. The van der Waals surface area contributed by atoms with Crippen LogP contribution in [0.5, 0.6) is 0 Å². The largest absolute Gasteiger partial charge is 0.355 e. The van der Waals surface area contributed by atoms with E-state index < -0.39 is 0 Å². The maximum absolute atomic E-state index is 12.1. The third-order valence-electron chi connectivity index (χ3n) is 4.29. The number of imidazole rings is 1. The summed E-state index contributed by atoms with van der Waals surface area (Å²) in [5, 5.41) is 3.06. The molecule has 23 heavy (non-hydrogen) atoms. The van der Waals surface area contributed by atoms with E-state index in [0.717, 1.165) is 38.1 Å². The molecule has 1 atom stereocenters. The van der Waals surface area contributed by atoms with Crippen molar-refractivity contribution in [2.24, 2.45) is 5.92 Å². The van der Waals surface area contributed by atoms with Crippen LogP contribution in [0.25, 0.3) is 0 Å². The molecule has 0 saturated carbocycles. The lowest BCUT2D eigenvalue weighted by atomic mass is 9.94. The number of rotatable bonds is 6. The first-order valence-electron chi connectivity index (χ1n) is 8.29. The Kier molecular flexibility index (Phi) is 5.25. The first kappa shape index (κ1) is 15.5. The van der Waals surface area contributed by atoms with Crippen molar-refractivity contribution in [3.05, 3.63) is 66.3 Å². The zero-order valence-corrected chi connectivity index (χ0v) is 13.3. The van der Waals surface area contributed by atoms with Crippen LogP contribution >= 0.6 is 0 Å². The average Bonchev–Trinajstić information content (AvgIpc) is 3.03. The van der Waals surface area contributed by atoms with Crippen LogP contribution in [-0.4, -0.2) is 22.0 Å². The molecule has 2 aromatic rings. The molecule has 0 bridgehead atoms. The topological polar surface area (TPSA) is 46.9 Å². The Balaban J connectivity index is 1.50. The molecule has 1 unspecified atom stereocenters. The van der Waals surface area contributed by atoms with Crippen LogP contribution in [-0.2, 0) is 17.8 Å². The highest BCUT2D eigenvalue weighted by atomic mass is 16.1. The van der Waals surface area contributed by atoms with E-state index in [9.17, 15) is 4.79 Å². The van der Waals surface area contributed by atoms with E-state index in [1.165, 1.54) is 5.56 Å². The van der Waals surface area contributed by atoms with Gasteiger partial charge in [-0.05, 0) is 24.8 Å². The van der Waals surface area contributed by atoms with Crippen molar-refractivity contribution in [3.8, 4) is 0 Å². The summed E-state index contributed by atoms with van der Waals surface area (Å²) in [4.78, 5) is 16.6. The van der Waals surface area contributed by atoms with Gasteiger partial charge in [0.2, 0.25) is 5.91 Å². The zero-order chi connectivity index (χ0) is 15.9. The fraction of sp³-hybridized carbons (Fsp3) is 0.368. The normalized spacial score (nSPS) is 17.1. The van der Waals surface area contributed by atoms with Crippen molar-refractivity contribution in [2.75, 3.05) is 6.54 Å². The van der Waals surface area contributed by atoms with E-state index in [0.29, 0.717) is 6.54 Å². The summed E-state index contributed by atoms with van der Waals surface area (Å²) in [6, 6.07) is 10.3. The van der Waals surface area contributed by atoms with Crippen molar-refractivity contribution in [1.29, 1.82) is 0 Å². The number of carbonyl (C=O) groups is 1. The van der Waals surface area contributed by atoms with Crippen molar-refractivity contribution < 1.29 is 4.79 Å². The predicted octanol–water partition coefficient (Wildman–Crippen LogP) is 2.95. The standard InChI is InChI=1S/C19H23N3O/c23-19(17-9-5-2-6-10-17)21-12-11-18-20-13-14-22(18)15-16-7-3-1-4-8-16/h1-5,7-8,13-14,17H,6,9-12,15H2,(H,21,23). The number of benzene rings is 1. The van der Waals surface area contributed by atoms with Crippen LogP contribution < -0.4 is 5.32 Å². The Bertz CT molecular complexity index is 660. The lowest BCUT2D eigenvalue weighted by Crippen LogP contribution is -2.33. The van der Waals surface area contributed by atoms with Gasteiger partial charge in [0, 0.05) is 37.8 Å². The molecule has 0 fully saturated rings. The van der Waals surface area contributed by atoms with Crippen molar-refractivity contribution in [1.82, 2.24) is 14.9 Å². The number of hydrogen-bond acceptors (Lipinski definition) is 2. The van der Waals surface area contributed by atoms with Gasteiger partial charge < -0.3 is 9.88 Å². The molecule has 0 radical (unpaired) electrons. The van der Waals surface area contributed by atoms with Crippen LogP contribution in [0.1, 0.15) is 30.7 Å². The molecule has 1 N–H and O–H groups in total. The first-order valence-corrected chi connectivity index (χ1v) is 8.29. The molecule has 3 rings (SSSR count). The molecule has 0 saturated heterocycles. The summed E-state index contributed by atoms with van der Waals surface area (Å²) in [7, 11) is 0. The summed E-state index contributed by atoms with van der Waals surface area (Å²) in [5.41, 5.74) is 1.25. The van der Waals surface area contributed by atoms with Gasteiger partial charge in [-0.25, -0.2) is 4.98 Å². The number of allylic oxidation sites excluding steroid dienone is 2. The third kappa shape index (κ3) is 4.31. The van der Waals surface area contributed by atoms with Gasteiger partial charge in [0.15, 0.2) is 0 Å². The van der Waals surface area contributed by atoms with Gasteiger partial charge in [-0.3, -0.25) is 4.79 Å². The average molecular weight is 309 g/mol. The van der Waals surface area contributed by atoms with Crippen LogP contribution in [0.15, 0.2) is 54.9 Å². The molecule has 120 valence electrons. The van der Waals surface area contributed by atoms with Gasteiger partial charge in [-0.1, -0.05) is 42.5 Å². The fourth-order valence-electron chi connectivity index (χ4n) is 2.97. The molecule has 4 heteroatoms. The summed E-state index contributed by atoms with van der Waals surface area (Å²) >= 11 is 0. The Labute approximate surface area is 137 Å². The monoisotopic (exact) mass is 309 g/mol. The van der Waals surface area contributed by atoms with Crippen LogP contribution in [0, 0.1) is 5.92 Å².